The number of Topliss-reactive ketones (excluding diaryl/α,β-unsaturated/α-hetero) is 2. The van der Waals surface area contributed by atoms with E-state index in [1.54, 1.807) is 0 Å². The van der Waals surface area contributed by atoms with Gasteiger partial charge in [-0.15, -0.1) is 0 Å². The van der Waals surface area contributed by atoms with Gasteiger partial charge < -0.3 is 9.80 Å². The van der Waals surface area contributed by atoms with Gasteiger partial charge in [-0.3, -0.25) is 19.2 Å². The van der Waals surface area contributed by atoms with Gasteiger partial charge in [-0.2, -0.15) is 0 Å². The van der Waals surface area contributed by atoms with Crippen molar-refractivity contribution in [3.63, 3.8) is 0 Å². The molecule has 148 valence electrons. The summed E-state index contributed by atoms with van der Waals surface area (Å²) in [5.74, 6) is -3.94. The molecular weight excluding hydrogens is 382 g/mol. The van der Waals surface area contributed by atoms with Crippen molar-refractivity contribution in [1.29, 1.82) is 0 Å². The zero-order chi connectivity index (χ0) is 20.7. The maximum Gasteiger partial charge on any atom is 0.299 e. The third kappa shape index (κ3) is 3.20. The van der Waals surface area contributed by atoms with Gasteiger partial charge in [-0.05, 0) is 55.7 Å². The van der Waals surface area contributed by atoms with Crippen LogP contribution in [0.1, 0.15) is 40.0 Å². The van der Waals surface area contributed by atoms with Crippen molar-refractivity contribution in [1.82, 2.24) is 0 Å². The van der Waals surface area contributed by atoms with Gasteiger partial charge in [0.1, 0.15) is 11.6 Å². The minimum Gasteiger partial charge on any atom is -0.305 e. The van der Waals surface area contributed by atoms with E-state index in [0.29, 0.717) is 30.6 Å². The van der Waals surface area contributed by atoms with Gasteiger partial charge in [-0.1, -0.05) is 0 Å². The number of benzene rings is 2. The molecule has 0 spiro atoms. The Morgan fingerprint density at radius 1 is 0.621 bits per heavy atom. The zero-order valence-corrected chi connectivity index (χ0v) is 15.3. The molecule has 0 saturated carbocycles. The van der Waals surface area contributed by atoms with Crippen molar-refractivity contribution in [2.24, 2.45) is 0 Å². The molecule has 2 aromatic carbocycles. The van der Waals surface area contributed by atoms with Crippen molar-refractivity contribution in [3.05, 3.63) is 59.2 Å². The predicted molar refractivity (Wildman–Crippen MR) is 100 cm³/mol. The van der Waals surface area contributed by atoms with Gasteiger partial charge in [0.15, 0.2) is 0 Å². The van der Waals surface area contributed by atoms with Gasteiger partial charge in [0, 0.05) is 13.1 Å². The van der Waals surface area contributed by atoms with Crippen LogP contribution in [0.5, 0.6) is 0 Å². The van der Waals surface area contributed by atoms with Gasteiger partial charge in [-0.25, -0.2) is 8.78 Å². The second-order valence-electron chi connectivity index (χ2n) is 6.96. The summed E-state index contributed by atoms with van der Waals surface area (Å²) in [6.45, 7) is 0.579. The predicted octanol–water partition coefficient (Wildman–Crippen LogP) is 2.89. The zero-order valence-electron chi connectivity index (χ0n) is 15.3. The number of carbonyl (C=O) groups excluding carboxylic acids is 4. The maximum absolute atomic E-state index is 13.3. The minimum atomic E-state index is -0.718. The summed E-state index contributed by atoms with van der Waals surface area (Å²) in [5.41, 5.74) is 0.940. The van der Waals surface area contributed by atoms with Crippen molar-refractivity contribution in [2.75, 3.05) is 22.9 Å². The van der Waals surface area contributed by atoms with Crippen LogP contribution in [0.15, 0.2) is 36.4 Å². The molecule has 8 heteroatoms. The number of rotatable bonds is 6. The lowest BCUT2D eigenvalue weighted by Gasteiger charge is -2.18. The SMILES string of the molecule is O=C1C(=O)N(CCCCCN2C(=O)C(=O)c3cc(F)ccc32)c2ccc(F)cc21. The number of fused-ring (bicyclic) bond motifs is 2. The highest BCUT2D eigenvalue weighted by Gasteiger charge is 2.37. The van der Waals surface area contributed by atoms with Crippen LogP contribution in [0.4, 0.5) is 20.2 Å². The molecule has 2 aliphatic heterocycles. The lowest BCUT2D eigenvalue weighted by atomic mass is 10.1. The van der Waals surface area contributed by atoms with E-state index in [2.05, 4.69) is 0 Å². The van der Waals surface area contributed by atoms with E-state index in [0.717, 1.165) is 12.1 Å². The first kappa shape index (κ1) is 18.9. The molecule has 0 unspecified atom stereocenters. The van der Waals surface area contributed by atoms with Crippen LogP contribution in [-0.4, -0.2) is 36.5 Å². The molecule has 0 aromatic heterocycles. The number of nitrogens with zero attached hydrogens (tertiary/aromatic N) is 2. The van der Waals surface area contributed by atoms with Gasteiger partial charge >= 0.3 is 0 Å². The molecule has 2 aromatic rings. The number of halogens is 2. The summed E-state index contributed by atoms with van der Waals surface area (Å²) in [5, 5.41) is 0. The molecule has 2 amide bonds. The molecule has 0 radical (unpaired) electrons. The summed E-state index contributed by atoms with van der Waals surface area (Å²) >= 11 is 0. The number of hydrogen-bond acceptors (Lipinski definition) is 4. The quantitative estimate of drug-likeness (QED) is 0.554. The highest BCUT2D eigenvalue weighted by molar-refractivity contribution is 6.52. The van der Waals surface area contributed by atoms with E-state index in [1.807, 2.05) is 0 Å². The minimum absolute atomic E-state index is 0.0695. The first-order chi connectivity index (χ1) is 13.9. The Morgan fingerprint density at radius 3 is 1.45 bits per heavy atom. The Labute approximate surface area is 164 Å². The fraction of sp³-hybridized carbons (Fsp3) is 0.238. The molecule has 0 N–H and O–H groups in total. The van der Waals surface area contributed by atoms with Crippen molar-refractivity contribution in [2.45, 2.75) is 19.3 Å². The fourth-order valence-corrected chi connectivity index (χ4v) is 3.71. The Hall–Kier alpha value is -3.42. The van der Waals surface area contributed by atoms with Crippen LogP contribution in [-0.2, 0) is 9.59 Å². The summed E-state index contributed by atoms with van der Waals surface area (Å²) in [4.78, 5) is 50.9. The number of unbranched alkanes of at least 4 members (excludes halogenated alkanes) is 2. The van der Waals surface area contributed by atoms with Crippen LogP contribution >= 0.6 is 0 Å². The molecule has 6 nitrogen and oxygen atoms in total. The Kier molecular flexibility index (Phi) is 4.70. The average molecular weight is 398 g/mol. The number of hydrogen-bond donors (Lipinski definition) is 0. The third-order valence-corrected chi connectivity index (χ3v) is 5.13. The standard InChI is InChI=1S/C21H16F2N2O4/c22-12-4-6-16-14(10-12)18(26)20(28)24(16)8-2-1-3-9-25-17-7-5-13(23)11-15(17)19(27)21(25)29/h4-7,10-11H,1-3,8-9H2. The second kappa shape index (κ2) is 7.20. The van der Waals surface area contributed by atoms with E-state index < -0.39 is 35.0 Å². The number of ketones is 2. The van der Waals surface area contributed by atoms with Crippen molar-refractivity contribution in [3.8, 4) is 0 Å². The van der Waals surface area contributed by atoms with E-state index in [1.165, 1.54) is 34.1 Å². The molecular formula is C21H16F2N2O4. The second-order valence-corrected chi connectivity index (χ2v) is 6.96. The maximum atomic E-state index is 13.3. The van der Waals surface area contributed by atoms with Crippen molar-refractivity contribution >= 4 is 34.8 Å². The first-order valence-electron chi connectivity index (χ1n) is 9.20. The first-order valence-corrected chi connectivity index (χ1v) is 9.20. The monoisotopic (exact) mass is 398 g/mol. The lowest BCUT2D eigenvalue weighted by Crippen LogP contribution is -2.32. The third-order valence-electron chi connectivity index (χ3n) is 5.13. The smallest absolute Gasteiger partial charge is 0.299 e. The molecule has 0 saturated heterocycles. The van der Waals surface area contributed by atoms with E-state index in [4.69, 9.17) is 0 Å². The Morgan fingerprint density at radius 2 is 1.03 bits per heavy atom. The van der Waals surface area contributed by atoms with E-state index in [-0.39, 0.29) is 24.2 Å². The molecule has 4 rings (SSSR count). The summed E-state index contributed by atoms with van der Waals surface area (Å²) in [6, 6.07) is 7.36. The highest BCUT2D eigenvalue weighted by Crippen LogP contribution is 2.31. The molecule has 0 fully saturated rings. The summed E-state index contributed by atoms with van der Waals surface area (Å²) in [6.07, 6.45) is 1.74. The van der Waals surface area contributed by atoms with Gasteiger partial charge in [0.25, 0.3) is 23.4 Å². The van der Waals surface area contributed by atoms with Crippen LogP contribution in [0, 0.1) is 11.6 Å². The normalized spacial score (nSPS) is 15.4. The lowest BCUT2D eigenvalue weighted by molar-refractivity contribution is -0.114. The molecule has 2 aliphatic rings. The molecule has 0 atom stereocenters. The number of carbonyl (C=O) groups is 4. The van der Waals surface area contributed by atoms with Crippen LogP contribution in [0.2, 0.25) is 0 Å². The number of amides is 2. The van der Waals surface area contributed by atoms with Gasteiger partial charge in [0.05, 0.1) is 22.5 Å². The average Bonchev–Trinajstić information content (AvgIpc) is 3.07. The van der Waals surface area contributed by atoms with Crippen LogP contribution in [0.3, 0.4) is 0 Å². The topological polar surface area (TPSA) is 74.8 Å². The largest absolute Gasteiger partial charge is 0.305 e. The van der Waals surface area contributed by atoms with Crippen LogP contribution < -0.4 is 9.80 Å². The molecule has 0 bridgehead atoms. The highest BCUT2D eigenvalue weighted by atomic mass is 19.1. The van der Waals surface area contributed by atoms with E-state index >= 15 is 0 Å². The molecule has 2 heterocycles. The molecule has 0 aliphatic carbocycles. The Bertz CT molecular complexity index is 983. The summed E-state index contributed by atoms with van der Waals surface area (Å²) in [7, 11) is 0. The molecule has 29 heavy (non-hydrogen) atoms. The van der Waals surface area contributed by atoms with Crippen molar-refractivity contribution < 1.29 is 28.0 Å². The summed E-state index contributed by atoms with van der Waals surface area (Å²) < 4.78 is 26.6. The van der Waals surface area contributed by atoms with Gasteiger partial charge in [0.2, 0.25) is 0 Å². The Balaban J connectivity index is 1.34. The fourth-order valence-electron chi connectivity index (χ4n) is 3.71. The van der Waals surface area contributed by atoms with Crippen LogP contribution in [0.25, 0.3) is 0 Å². The number of anilines is 2. The van der Waals surface area contributed by atoms with E-state index in [9.17, 15) is 28.0 Å².